The number of rotatable bonds is 3. The number of aliphatic hydroxyl groups is 1. The predicted octanol–water partition coefficient (Wildman–Crippen LogP) is 1.42. The molecule has 2 atom stereocenters. The third-order valence-corrected chi connectivity index (χ3v) is 4.72. The largest absolute Gasteiger partial charge is 0.391 e. The Morgan fingerprint density at radius 2 is 2.18 bits per heavy atom. The lowest BCUT2D eigenvalue weighted by atomic mass is 9.98. The van der Waals surface area contributed by atoms with Crippen molar-refractivity contribution in [3.63, 3.8) is 0 Å². The van der Waals surface area contributed by atoms with Crippen molar-refractivity contribution < 1.29 is 9.90 Å². The van der Waals surface area contributed by atoms with E-state index in [0.29, 0.717) is 6.54 Å². The van der Waals surface area contributed by atoms with E-state index in [-0.39, 0.29) is 18.1 Å². The van der Waals surface area contributed by atoms with E-state index < -0.39 is 0 Å². The number of hydrogen-bond acceptors (Lipinski definition) is 4. The molecule has 0 saturated carbocycles. The Hall–Kier alpha value is -1.46. The molecule has 0 radical (unpaired) electrons. The van der Waals surface area contributed by atoms with Gasteiger partial charge in [-0.05, 0) is 43.9 Å². The van der Waals surface area contributed by atoms with Gasteiger partial charge >= 0.3 is 0 Å². The van der Waals surface area contributed by atoms with Gasteiger partial charge in [-0.2, -0.15) is 0 Å². The molecule has 22 heavy (non-hydrogen) atoms. The van der Waals surface area contributed by atoms with Gasteiger partial charge in [-0.15, -0.1) is 0 Å². The summed E-state index contributed by atoms with van der Waals surface area (Å²) in [6, 6.07) is 3.96. The number of hydrogen-bond donors (Lipinski definition) is 1. The third-order valence-electron chi connectivity index (χ3n) is 4.72. The molecular formula is C17H25N3O2. The monoisotopic (exact) mass is 303 g/mol. The van der Waals surface area contributed by atoms with E-state index in [1.807, 2.05) is 17.2 Å². The lowest BCUT2D eigenvalue weighted by Gasteiger charge is -2.39. The van der Waals surface area contributed by atoms with Gasteiger partial charge in [0.25, 0.3) is 0 Å². The maximum Gasteiger partial charge on any atom is 0.240 e. The molecular weight excluding hydrogens is 278 g/mol. The topological polar surface area (TPSA) is 56.7 Å². The minimum atomic E-state index is -0.354. The molecule has 120 valence electrons. The molecule has 1 amide bonds. The summed E-state index contributed by atoms with van der Waals surface area (Å²) < 4.78 is 0. The number of piperidine rings is 2. The summed E-state index contributed by atoms with van der Waals surface area (Å²) >= 11 is 0. The average Bonchev–Trinajstić information content (AvgIpc) is 2.56. The minimum Gasteiger partial charge on any atom is -0.391 e. The SMILES string of the molecule is O=C(C1CCCCN1Cc1cccnc1)N1CCCC(O)C1. The summed E-state index contributed by atoms with van der Waals surface area (Å²) in [6.07, 6.45) is 8.19. The lowest BCUT2D eigenvalue weighted by Crippen LogP contribution is -2.53. The number of β-amino-alcohol motifs (C(OH)–C–C–N with tert-alkyl or cyclic N) is 1. The Morgan fingerprint density at radius 1 is 1.27 bits per heavy atom. The first-order valence-electron chi connectivity index (χ1n) is 8.34. The summed E-state index contributed by atoms with van der Waals surface area (Å²) in [6.45, 7) is 3.02. The van der Waals surface area contributed by atoms with Crippen LogP contribution < -0.4 is 0 Å². The van der Waals surface area contributed by atoms with E-state index in [1.54, 1.807) is 6.20 Å². The summed E-state index contributed by atoms with van der Waals surface area (Å²) in [5, 5.41) is 9.81. The van der Waals surface area contributed by atoms with Crippen LogP contribution in [0.1, 0.15) is 37.7 Å². The molecule has 3 heterocycles. The Balaban J connectivity index is 1.67. The molecule has 2 aliphatic rings. The van der Waals surface area contributed by atoms with Gasteiger partial charge in [-0.1, -0.05) is 12.5 Å². The zero-order chi connectivity index (χ0) is 15.4. The molecule has 5 heteroatoms. The smallest absolute Gasteiger partial charge is 0.240 e. The molecule has 2 saturated heterocycles. The number of nitrogens with zero attached hydrogens (tertiary/aromatic N) is 3. The lowest BCUT2D eigenvalue weighted by molar-refractivity contribution is -0.141. The van der Waals surface area contributed by atoms with Gasteiger partial charge in [0.15, 0.2) is 0 Å². The normalized spacial score (nSPS) is 26.9. The number of pyridine rings is 1. The van der Waals surface area contributed by atoms with Gasteiger partial charge in [0.2, 0.25) is 5.91 Å². The van der Waals surface area contributed by atoms with Crippen molar-refractivity contribution in [1.29, 1.82) is 0 Å². The second-order valence-electron chi connectivity index (χ2n) is 6.42. The Bertz CT molecular complexity index is 494. The molecule has 2 fully saturated rings. The van der Waals surface area contributed by atoms with Gasteiger partial charge < -0.3 is 10.0 Å². The summed E-state index contributed by atoms with van der Waals surface area (Å²) in [5.41, 5.74) is 1.15. The number of carbonyl (C=O) groups excluding carboxylic acids is 1. The Kier molecular flexibility index (Phi) is 5.05. The highest BCUT2D eigenvalue weighted by Gasteiger charge is 2.33. The molecule has 1 aromatic heterocycles. The highest BCUT2D eigenvalue weighted by atomic mass is 16.3. The number of carbonyl (C=O) groups is 1. The number of likely N-dealkylation sites (tertiary alicyclic amines) is 2. The van der Waals surface area contributed by atoms with Crippen LogP contribution in [0.2, 0.25) is 0 Å². The minimum absolute atomic E-state index is 0.0424. The highest BCUT2D eigenvalue weighted by molar-refractivity contribution is 5.82. The van der Waals surface area contributed by atoms with Crippen molar-refractivity contribution in [2.45, 2.75) is 50.8 Å². The fraction of sp³-hybridized carbons (Fsp3) is 0.647. The summed E-state index contributed by atoms with van der Waals surface area (Å²) in [5.74, 6) is 0.197. The first-order valence-corrected chi connectivity index (χ1v) is 8.34. The van der Waals surface area contributed by atoms with Crippen LogP contribution in [0.15, 0.2) is 24.5 Å². The third kappa shape index (κ3) is 3.65. The van der Waals surface area contributed by atoms with E-state index >= 15 is 0 Å². The molecule has 5 nitrogen and oxygen atoms in total. The zero-order valence-electron chi connectivity index (χ0n) is 13.0. The van der Waals surface area contributed by atoms with Gasteiger partial charge in [0.05, 0.1) is 12.1 Å². The first kappa shape index (κ1) is 15.4. The predicted molar refractivity (Wildman–Crippen MR) is 84.1 cm³/mol. The van der Waals surface area contributed by atoms with Crippen molar-refractivity contribution in [2.75, 3.05) is 19.6 Å². The maximum absolute atomic E-state index is 12.9. The van der Waals surface area contributed by atoms with Crippen LogP contribution in [0.5, 0.6) is 0 Å². The molecule has 2 aliphatic heterocycles. The second kappa shape index (κ2) is 7.20. The maximum atomic E-state index is 12.9. The number of aliphatic hydroxyl groups excluding tert-OH is 1. The van der Waals surface area contributed by atoms with E-state index in [4.69, 9.17) is 0 Å². The first-order chi connectivity index (χ1) is 10.7. The van der Waals surface area contributed by atoms with E-state index in [0.717, 1.165) is 57.3 Å². The van der Waals surface area contributed by atoms with Gasteiger partial charge in [-0.3, -0.25) is 14.7 Å². The van der Waals surface area contributed by atoms with Crippen molar-refractivity contribution in [3.8, 4) is 0 Å². The van der Waals surface area contributed by atoms with Crippen LogP contribution in [0.3, 0.4) is 0 Å². The van der Waals surface area contributed by atoms with Gasteiger partial charge in [0.1, 0.15) is 0 Å². The van der Waals surface area contributed by atoms with Crippen LogP contribution in [0.25, 0.3) is 0 Å². The zero-order valence-corrected chi connectivity index (χ0v) is 13.0. The quantitative estimate of drug-likeness (QED) is 0.917. The van der Waals surface area contributed by atoms with E-state index in [2.05, 4.69) is 16.0 Å². The van der Waals surface area contributed by atoms with Crippen molar-refractivity contribution in [2.24, 2.45) is 0 Å². The van der Waals surface area contributed by atoms with E-state index in [1.165, 1.54) is 0 Å². The number of amides is 1. The molecule has 0 spiro atoms. The fourth-order valence-electron chi connectivity index (χ4n) is 3.55. The number of aromatic nitrogens is 1. The van der Waals surface area contributed by atoms with Gasteiger partial charge in [0, 0.05) is 32.0 Å². The van der Waals surface area contributed by atoms with Crippen molar-refractivity contribution >= 4 is 5.91 Å². The molecule has 0 aromatic carbocycles. The van der Waals surface area contributed by atoms with Crippen molar-refractivity contribution in [1.82, 2.24) is 14.8 Å². The molecule has 0 aliphatic carbocycles. The molecule has 1 aromatic rings. The van der Waals surface area contributed by atoms with Crippen LogP contribution in [0, 0.1) is 0 Å². The summed E-state index contributed by atoms with van der Waals surface area (Å²) in [4.78, 5) is 21.2. The average molecular weight is 303 g/mol. The second-order valence-corrected chi connectivity index (χ2v) is 6.42. The highest BCUT2D eigenvalue weighted by Crippen LogP contribution is 2.22. The van der Waals surface area contributed by atoms with Crippen LogP contribution >= 0.6 is 0 Å². The van der Waals surface area contributed by atoms with Gasteiger partial charge in [-0.25, -0.2) is 0 Å². The molecule has 1 N–H and O–H groups in total. The summed E-state index contributed by atoms with van der Waals surface area (Å²) in [7, 11) is 0. The van der Waals surface area contributed by atoms with Crippen LogP contribution in [-0.2, 0) is 11.3 Å². The van der Waals surface area contributed by atoms with Crippen molar-refractivity contribution in [3.05, 3.63) is 30.1 Å². The van der Waals surface area contributed by atoms with E-state index in [9.17, 15) is 9.90 Å². The van der Waals surface area contributed by atoms with Crippen LogP contribution in [0.4, 0.5) is 0 Å². The fourth-order valence-corrected chi connectivity index (χ4v) is 3.55. The molecule has 3 rings (SSSR count). The standard InChI is InChI=1S/C17H25N3O2/c21-15-6-4-10-20(13-15)17(22)16-7-1-2-9-19(16)12-14-5-3-8-18-11-14/h3,5,8,11,15-16,21H,1-2,4,6-7,9-10,12-13H2. The molecule has 2 unspecified atom stereocenters. The molecule has 0 bridgehead atoms. The Morgan fingerprint density at radius 3 is 2.95 bits per heavy atom. The Labute approximate surface area is 131 Å². The van der Waals surface area contributed by atoms with Crippen LogP contribution in [-0.4, -0.2) is 57.6 Å².